The molecule has 0 aliphatic rings. The van der Waals surface area contributed by atoms with Crippen molar-refractivity contribution in [1.82, 2.24) is 19.7 Å². The fourth-order valence-electron chi connectivity index (χ4n) is 3.67. The maximum atomic E-state index is 13.1. The lowest BCUT2D eigenvalue weighted by Gasteiger charge is -2.21. The summed E-state index contributed by atoms with van der Waals surface area (Å²) in [7, 11) is -0.813. The van der Waals surface area contributed by atoms with Crippen molar-refractivity contribution >= 4 is 32.7 Å². The zero-order valence-electron chi connectivity index (χ0n) is 18.2. The zero-order valence-corrected chi connectivity index (χ0v) is 19.0. The molecule has 0 saturated heterocycles. The zero-order chi connectivity index (χ0) is 22.9. The second kappa shape index (κ2) is 8.51. The van der Waals surface area contributed by atoms with Crippen LogP contribution < -0.4 is 9.62 Å². The topological polar surface area (TPSA) is 89.2 Å². The van der Waals surface area contributed by atoms with E-state index in [1.807, 2.05) is 43.5 Å². The van der Waals surface area contributed by atoms with Crippen molar-refractivity contribution < 1.29 is 13.2 Å². The van der Waals surface area contributed by atoms with E-state index in [1.165, 1.54) is 17.9 Å². The second-order valence-corrected chi connectivity index (χ2v) is 9.58. The lowest BCUT2D eigenvalue weighted by molar-refractivity contribution is 0.0953. The predicted molar refractivity (Wildman–Crippen MR) is 124 cm³/mol. The van der Waals surface area contributed by atoms with Crippen molar-refractivity contribution in [3.63, 3.8) is 0 Å². The van der Waals surface area contributed by atoms with E-state index in [0.29, 0.717) is 13.1 Å². The summed E-state index contributed by atoms with van der Waals surface area (Å²) in [4.78, 5) is 13.0. The van der Waals surface area contributed by atoms with E-state index >= 15 is 0 Å². The maximum Gasteiger partial charge on any atom is 0.265 e. The van der Waals surface area contributed by atoms with Crippen LogP contribution in [0.3, 0.4) is 0 Å². The summed E-state index contributed by atoms with van der Waals surface area (Å²) in [6, 6.07) is 16.6. The van der Waals surface area contributed by atoms with Gasteiger partial charge in [-0.05, 0) is 36.6 Å². The number of aryl methyl sites for hydroxylation is 2. The van der Waals surface area contributed by atoms with E-state index in [1.54, 1.807) is 31.3 Å². The van der Waals surface area contributed by atoms with Gasteiger partial charge in [0.1, 0.15) is 5.56 Å². The SMILES string of the molecule is Cc1ccc(S(=O)(=O)N(C)c2c(C(=O)NCCn3ccc4ccccc43)cnn2C)cc1. The van der Waals surface area contributed by atoms with Gasteiger partial charge in [-0.2, -0.15) is 5.10 Å². The highest BCUT2D eigenvalue weighted by molar-refractivity contribution is 7.92. The molecule has 0 saturated carbocycles. The Bertz CT molecular complexity index is 1370. The number of fused-ring (bicyclic) bond motifs is 1. The first-order chi connectivity index (χ1) is 15.3. The molecule has 2 heterocycles. The van der Waals surface area contributed by atoms with Gasteiger partial charge in [-0.3, -0.25) is 13.8 Å². The Labute approximate surface area is 187 Å². The highest BCUT2D eigenvalue weighted by Crippen LogP contribution is 2.25. The average molecular weight is 452 g/mol. The van der Waals surface area contributed by atoms with Crippen LogP contribution >= 0.6 is 0 Å². The first-order valence-electron chi connectivity index (χ1n) is 10.2. The fraction of sp³-hybridized carbons (Fsp3) is 0.217. The highest BCUT2D eigenvalue weighted by Gasteiger charge is 2.28. The van der Waals surface area contributed by atoms with Crippen molar-refractivity contribution in [2.24, 2.45) is 7.05 Å². The van der Waals surface area contributed by atoms with Crippen molar-refractivity contribution in [2.75, 3.05) is 17.9 Å². The maximum absolute atomic E-state index is 13.1. The summed E-state index contributed by atoms with van der Waals surface area (Å²) >= 11 is 0. The Kier molecular flexibility index (Phi) is 5.75. The van der Waals surface area contributed by atoms with E-state index in [-0.39, 0.29) is 22.2 Å². The van der Waals surface area contributed by atoms with Crippen LogP contribution in [-0.2, 0) is 23.6 Å². The third-order valence-corrected chi connectivity index (χ3v) is 7.21. The first-order valence-corrected chi connectivity index (χ1v) is 11.6. The van der Waals surface area contributed by atoms with Gasteiger partial charge in [-0.1, -0.05) is 35.9 Å². The number of amides is 1. The Morgan fingerprint density at radius 2 is 1.81 bits per heavy atom. The van der Waals surface area contributed by atoms with Crippen molar-refractivity contribution in [2.45, 2.75) is 18.4 Å². The normalized spacial score (nSPS) is 11.6. The molecule has 0 fully saturated rings. The molecule has 0 atom stereocenters. The molecule has 1 N–H and O–H groups in total. The highest BCUT2D eigenvalue weighted by atomic mass is 32.2. The van der Waals surface area contributed by atoms with Crippen molar-refractivity contribution in [1.29, 1.82) is 0 Å². The molecule has 8 nitrogen and oxygen atoms in total. The van der Waals surface area contributed by atoms with Gasteiger partial charge >= 0.3 is 0 Å². The number of nitrogens with one attached hydrogen (secondary N) is 1. The van der Waals surface area contributed by atoms with Crippen LogP contribution in [0.4, 0.5) is 5.82 Å². The van der Waals surface area contributed by atoms with Crippen molar-refractivity contribution in [3.8, 4) is 0 Å². The van der Waals surface area contributed by atoms with Crippen LogP contribution in [0.1, 0.15) is 15.9 Å². The number of hydrogen-bond acceptors (Lipinski definition) is 4. The number of carbonyl (C=O) groups excluding carboxylic acids is 1. The monoisotopic (exact) mass is 451 g/mol. The minimum Gasteiger partial charge on any atom is -0.350 e. The molecule has 0 bridgehead atoms. The van der Waals surface area contributed by atoms with Crippen molar-refractivity contribution in [3.05, 3.63) is 78.1 Å². The smallest absolute Gasteiger partial charge is 0.265 e. The van der Waals surface area contributed by atoms with Gasteiger partial charge in [0.25, 0.3) is 15.9 Å². The van der Waals surface area contributed by atoms with Gasteiger partial charge in [-0.25, -0.2) is 8.42 Å². The molecule has 4 rings (SSSR count). The fourth-order valence-corrected chi connectivity index (χ4v) is 4.91. The molecule has 32 heavy (non-hydrogen) atoms. The predicted octanol–water partition coefficient (Wildman–Crippen LogP) is 2.94. The number of sulfonamides is 1. The first kappa shape index (κ1) is 21.6. The summed E-state index contributed by atoms with van der Waals surface area (Å²) in [5, 5.41) is 8.13. The second-order valence-electron chi connectivity index (χ2n) is 7.61. The molecule has 1 amide bonds. The largest absolute Gasteiger partial charge is 0.350 e. The van der Waals surface area contributed by atoms with Gasteiger partial charge in [0, 0.05) is 38.9 Å². The summed E-state index contributed by atoms with van der Waals surface area (Å²) in [5.74, 6) is -0.176. The van der Waals surface area contributed by atoms with E-state index < -0.39 is 10.0 Å². The number of para-hydroxylation sites is 1. The van der Waals surface area contributed by atoms with Crippen LogP contribution in [0.2, 0.25) is 0 Å². The number of hydrogen-bond donors (Lipinski definition) is 1. The summed E-state index contributed by atoms with van der Waals surface area (Å²) < 4.78 is 30.8. The molecule has 0 spiro atoms. The van der Waals surface area contributed by atoms with E-state index in [0.717, 1.165) is 20.8 Å². The van der Waals surface area contributed by atoms with Crippen LogP contribution in [0.25, 0.3) is 10.9 Å². The Morgan fingerprint density at radius 3 is 2.56 bits per heavy atom. The molecule has 0 aliphatic heterocycles. The minimum absolute atomic E-state index is 0.151. The summed E-state index contributed by atoms with van der Waals surface area (Å²) in [5.41, 5.74) is 2.25. The van der Waals surface area contributed by atoms with Gasteiger partial charge in [0.2, 0.25) is 0 Å². The van der Waals surface area contributed by atoms with E-state index in [4.69, 9.17) is 0 Å². The molecule has 0 unspecified atom stereocenters. The number of nitrogens with zero attached hydrogens (tertiary/aromatic N) is 4. The number of benzene rings is 2. The van der Waals surface area contributed by atoms with Gasteiger partial charge < -0.3 is 9.88 Å². The Balaban J connectivity index is 1.51. The average Bonchev–Trinajstić information content (AvgIpc) is 3.37. The van der Waals surface area contributed by atoms with Gasteiger partial charge in [0.15, 0.2) is 5.82 Å². The summed E-state index contributed by atoms with van der Waals surface area (Å²) in [6.45, 7) is 2.87. The summed E-state index contributed by atoms with van der Waals surface area (Å²) in [6.07, 6.45) is 3.37. The van der Waals surface area contributed by atoms with E-state index in [9.17, 15) is 13.2 Å². The molecule has 9 heteroatoms. The molecule has 2 aromatic heterocycles. The lowest BCUT2D eigenvalue weighted by atomic mass is 10.2. The number of aromatic nitrogens is 3. The lowest BCUT2D eigenvalue weighted by Crippen LogP contribution is -2.32. The van der Waals surface area contributed by atoms with E-state index in [2.05, 4.69) is 15.0 Å². The molecule has 0 radical (unpaired) electrons. The molecule has 0 aliphatic carbocycles. The molecule has 166 valence electrons. The van der Waals surface area contributed by atoms with Crippen LogP contribution in [0.15, 0.2) is 71.9 Å². The number of anilines is 1. The van der Waals surface area contributed by atoms with Gasteiger partial charge in [-0.15, -0.1) is 0 Å². The standard InChI is InChI=1S/C23H25N5O3S/c1-17-8-10-19(11-9-17)32(30,31)27(3)23-20(16-25-26(23)2)22(29)24-13-15-28-14-12-18-6-4-5-7-21(18)28/h4-12,14,16H,13,15H2,1-3H3,(H,24,29). The van der Waals surface area contributed by atoms with Crippen LogP contribution in [-0.4, -0.2) is 42.3 Å². The molecular weight excluding hydrogens is 426 g/mol. The van der Waals surface area contributed by atoms with Crippen LogP contribution in [0, 0.1) is 6.92 Å². The quantitative estimate of drug-likeness (QED) is 0.468. The third kappa shape index (κ3) is 3.99. The Morgan fingerprint density at radius 1 is 1.09 bits per heavy atom. The molecular formula is C23H25N5O3S. The van der Waals surface area contributed by atoms with Gasteiger partial charge in [0.05, 0.1) is 11.1 Å². The molecule has 4 aromatic rings. The van der Waals surface area contributed by atoms with Crippen LogP contribution in [0.5, 0.6) is 0 Å². The minimum atomic E-state index is -3.85. The number of rotatable bonds is 7. The molecule has 2 aromatic carbocycles. The Hall–Kier alpha value is -3.59. The number of carbonyl (C=O) groups is 1. The third-order valence-electron chi connectivity index (χ3n) is 5.45.